The summed E-state index contributed by atoms with van der Waals surface area (Å²) in [5, 5.41) is 20.4. The van der Waals surface area contributed by atoms with Crippen LogP contribution in [0.25, 0.3) is 0 Å². The monoisotopic (exact) mass is 476 g/mol. The number of hydrogen-bond donors (Lipinski definition) is 4. The van der Waals surface area contributed by atoms with Gasteiger partial charge in [0.25, 0.3) is 5.91 Å². The van der Waals surface area contributed by atoms with Gasteiger partial charge in [-0.1, -0.05) is 19.7 Å². The first-order valence-corrected chi connectivity index (χ1v) is 9.42. The normalized spacial score (nSPS) is 9.21. The number of benzene rings is 2. The van der Waals surface area contributed by atoms with E-state index in [1.54, 1.807) is 0 Å². The molecule has 0 aromatic heterocycles. The number of nitrogens with one attached hydrogen (secondary N) is 1. The molecule has 10 heteroatoms. The van der Waals surface area contributed by atoms with E-state index in [1.807, 2.05) is 0 Å². The average Bonchev–Trinajstić information content (AvgIpc) is 2.73. The molecule has 0 saturated heterocycles. The number of esters is 2. The van der Waals surface area contributed by atoms with Crippen LogP contribution in [-0.4, -0.2) is 28.1 Å². The molecule has 0 atom stereocenters. The number of carbonyl (C=O) groups is 3. The van der Waals surface area contributed by atoms with Crippen molar-refractivity contribution in [2.24, 2.45) is 0 Å². The van der Waals surface area contributed by atoms with Crippen molar-refractivity contribution < 1.29 is 38.1 Å². The Kier molecular flexibility index (Phi) is 12.0. The van der Waals surface area contributed by atoms with Gasteiger partial charge in [0.15, 0.2) is 0 Å². The van der Waals surface area contributed by atoms with Gasteiger partial charge in [-0.3, -0.25) is 4.79 Å². The molecule has 0 aliphatic carbocycles. The topological polar surface area (TPSA) is 139 Å². The fourth-order valence-electron chi connectivity index (χ4n) is 1.61. The minimum Gasteiger partial charge on any atom is -0.506 e. The Balaban J connectivity index is 0.000000493. The molecule has 0 heterocycles. The minimum absolute atomic E-state index is 0.166. The first-order chi connectivity index (χ1) is 15.6. The van der Waals surface area contributed by atoms with Crippen LogP contribution in [0.15, 0.2) is 72.9 Å². The second-order valence-corrected chi connectivity index (χ2v) is 6.84. The molecular weight excluding hydrogens is 450 g/mol. The zero-order chi connectivity index (χ0) is 26.6. The Hall–Kier alpha value is -4.47. The van der Waals surface area contributed by atoms with Crippen LogP contribution >= 0.6 is 0 Å². The summed E-state index contributed by atoms with van der Waals surface area (Å²) in [6.45, 7) is 14.5. The van der Waals surface area contributed by atoms with E-state index in [0.29, 0.717) is 5.57 Å². The molecule has 2 rings (SSSR count). The molecule has 0 aliphatic rings. The maximum absolute atomic E-state index is 12.6. The lowest BCUT2D eigenvalue weighted by Crippen LogP contribution is -2.12. The molecule has 2 aromatic carbocycles. The fourth-order valence-corrected chi connectivity index (χ4v) is 1.61. The van der Waals surface area contributed by atoms with Crippen molar-refractivity contribution in [3.05, 3.63) is 84.5 Å². The van der Waals surface area contributed by atoms with Crippen LogP contribution < -0.4 is 11.1 Å². The van der Waals surface area contributed by atoms with Crippen LogP contribution in [0.2, 0.25) is 0 Å². The van der Waals surface area contributed by atoms with Gasteiger partial charge in [-0.2, -0.15) is 0 Å². The van der Waals surface area contributed by atoms with Gasteiger partial charge in [0.1, 0.15) is 23.1 Å². The highest BCUT2D eigenvalue weighted by molar-refractivity contribution is 6.03. The Labute approximate surface area is 195 Å². The molecule has 0 spiro atoms. The molecule has 0 saturated carbocycles. The third kappa shape index (κ3) is 11.2. The quantitative estimate of drug-likeness (QED) is 0.169. The van der Waals surface area contributed by atoms with Crippen LogP contribution in [-0.2, 0) is 19.1 Å². The second kappa shape index (κ2) is 13.8. The highest BCUT2D eigenvalue weighted by Gasteiger charge is 2.10. The standard InChI is InChI=1S/C10H10FNO2.C8H10O3.C6H6FNO/c1-6(2)10(14)12-8-4-3-7(11)5-9(8)13;1-5(2)7(9)11-8(10)6(3)4;7-4-1-2-5(8)6(9)3-4/h3-5,13H,1H2,2H3,(H,12,14);1,3H2,2,4H3;1-3,9H,8H2. The molecule has 2 aromatic rings. The summed E-state index contributed by atoms with van der Waals surface area (Å²) in [7, 11) is 0. The summed E-state index contributed by atoms with van der Waals surface area (Å²) in [6, 6.07) is 6.82. The largest absolute Gasteiger partial charge is 0.506 e. The van der Waals surface area contributed by atoms with E-state index in [0.717, 1.165) is 18.2 Å². The molecule has 0 bridgehead atoms. The molecule has 0 radical (unpaired) electrons. The van der Waals surface area contributed by atoms with Crippen molar-refractivity contribution in [3.63, 3.8) is 0 Å². The van der Waals surface area contributed by atoms with Crippen molar-refractivity contribution in [2.45, 2.75) is 20.8 Å². The van der Waals surface area contributed by atoms with E-state index in [9.17, 15) is 28.3 Å². The maximum atomic E-state index is 12.6. The number of ether oxygens (including phenoxy) is 1. The van der Waals surface area contributed by atoms with Gasteiger partial charge in [0.2, 0.25) is 0 Å². The molecule has 0 fully saturated rings. The second-order valence-electron chi connectivity index (χ2n) is 6.84. The zero-order valence-corrected chi connectivity index (χ0v) is 18.9. The first-order valence-electron chi connectivity index (χ1n) is 9.42. The number of phenols is 2. The van der Waals surface area contributed by atoms with Gasteiger partial charge in [0.05, 0.1) is 11.4 Å². The average molecular weight is 476 g/mol. The van der Waals surface area contributed by atoms with Crippen molar-refractivity contribution in [1.29, 1.82) is 0 Å². The number of nitrogen functional groups attached to an aromatic ring is 1. The lowest BCUT2D eigenvalue weighted by Gasteiger charge is -2.06. The van der Waals surface area contributed by atoms with Gasteiger partial charge in [-0.25, -0.2) is 18.4 Å². The van der Waals surface area contributed by atoms with Gasteiger partial charge in [0, 0.05) is 28.9 Å². The summed E-state index contributed by atoms with van der Waals surface area (Å²) < 4.78 is 29.0. The molecule has 5 N–H and O–H groups in total. The van der Waals surface area contributed by atoms with E-state index in [1.165, 1.54) is 39.0 Å². The minimum atomic E-state index is -0.710. The van der Waals surface area contributed by atoms with E-state index >= 15 is 0 Å². The van der Waals surface area contributed by atoms with Gasteiger partial charge >= 0.3 is 11.9 Å². The van der Waals surface area contributed by atoms with E-state index in [4.69, 9.17) is 10.8 Å². The summed E-state index contributed by atoms with van der Waals surface area (Å²) in [5.74, 6) is -3.39. The first kappa shape index (κ1) is 29.5. The number of rotatable bonds is 4. The number of phenolic OH excluding ortho intramolecular Hbond substituents is 2. The number of amides is 1. The van der Waals surface area contributed by atoms with Crippen LogP contribution in [0.1, 0.15) is 20.8 Å². The highest BCUT2D eigenvalue weighted by Crippen LogP contribution is 2.23. The van der Waals surface area contributed by atoms with Crippen LogP contribution in [0.3, 0.4) is 0 Å². The lowest BCUT2D eigenvalue weighted by molar-refractivity contribution is -0.153. The van der Waals surface area contributed by atoms with Crippen LogP contribution in [0, 0.1) is 11.6 Å². The Morgan fingerprint density at radius 2 is 1.26 bits per heavy atom. The molecule has 34 heavy (non-hydrogen) atoms. The zero-order valence-electron chi connectivity index (χ0n) is 18.9. The SMILES string of the molecule is C=C(C)C(=O)Nc1ccc(F)cc1O.C=C(C)C(=O)OC(=O)C(=C)C.Nc1ccc(F)cc1O. The van der Waals surface area contributed by atoms with E-state index in [2.05, 4.69) is 29.8 Å². The van der Waals surface area contributed by atoms with Crippen LogP contribution in [0.4, 0.5) is 20.2 Å². The Morgan fingerprint density at radius 3 is 1.62 bits per heavy atom. The van der Waals surface area contributed by atoms with Crippen molar-refractivity contribution >= 4 is 29.2 Å². The number of carbonyl (C=O) groups excluding carboxylic acids is 3. The third-order valence-corrected chi connectivity index (χ3v) is 3.47. The third-order valence-electron chi connectivity index (χ3n) is 3.47. The molecule has 182 valence electrons. The van der Waals surface area contributed by atoms with Crippen molar-refractivity contribution in [2.75, 3.05) is 11.1 Å². The predicted octanol–water partition coefficient (Wildman–Crippen LogP) is 4.37. The van der Waals surface area contributed by atoms with E-state index < -0.39 is 29.5 Å². The molecule has 1 amide bonds. The smallest absolute Gasteiger partial charge is 0.340 e. The van der Waals surface area contributed by atoms with Crippen LogP contribution in [0.5, 0.6) is 11.5 Å². The van der Waals surface area contributed by atoms with Gasteiger partial charge in [-0.15, -0.1) is 0 Å². The number of anilines is 2. The molecule has 8 nitrogen and oxygen atoms in total. The number of nitrogens with two attached hydrogens (primary N) is 1. The predicted molar refractivity (Wildman–Crippen MR) is 125 cm³/mol. The Bertz CT molecular complexity index is 1090. The fraction of sp³-hybridized carbons (Fsp3) is 0.125. The number of hydrogen-bond acceptors (Lipinski definition) is 7. The lowest BCUT2D eigenvalue weighted by atomic mass is 10.2. The summed E-state index contributed by atoms with van der Waals surface area (Å²) in [4.78, 5) is 32.5. The molecular formula is C24H26F2N2O6. The van der Waals surface area contributed by atoms with Gasteiger partial charge < -0.3 is 26.0 Å². The number of aromatic hydroxyl groups is 2. The van der Waals surface area contributed by atoms with E-state index in [-0.39, 0.29) is 34.0 Å². The van der Waals surface area contributed by atoms with Gasteiger partial charge in [-0.05, 0) is 45.0 Å². The maximum Gasteiger partial charge on any atom is 0.340 e. The summed E-state index contributed by atoms with van der Waals surface area (Å²) in [6.07, 6.45) is 0. The summed E-state index contributed by atoms with van der Waals surface area (Å²) in [5.41, 5.74) is 6.23. The van der Waals surface area contributed by atoms with Crippen molar-refractivity contribution in [3.8, 4) is 11.5 Å². The van der Waals surface area contributed by atoms with Crippen molar-refractivity contribution in [1.82, 2.24) is 0 Å². The highest BCUT2D eigenvalue weighted by atomic mass is 19.1. The summed E-state index contributed by atoms with van der Waals surface area (Å²) >= 11 is 0. The molecule has 0 unspecified atom stereocenters. The molecule has 0 aliphatic heterocycles. The number of halogens is 2. The Morgan fingerprint density at radius 1 is 0.824 bits per heavy atom.